The summed E-state index contributed by atoms with van der Waals surface area (Å²) in [5.41, 5.74) is 2.66. The molecule has 9 nitrogen and oxygen atoms in total. The second-order valence-corrected chi connectivity index (χ2v) is 7.30. The van der Waals surface area contributed by atoms with Gasteiger partial charge < -0.3 is 25.6 Å². The Labute approximate surface area is 185 Å². The average molecular weight is 442 g/mol. The van der Waals surface area contributed by atoms with Gasteiger partial charge in [0.25, 0.3) is 0 Å². The predicted octanol–water partition coefficient (Wildman–Crippen LogP) is 3.84. The summed E-state index contributed by atoms with van der Waals surface area (Å²) >= 11 is 5.83. The molecule has 3 rings (SSSR count). The normalized spacial score (nSPS) is 10.3. The van der Waals surface area contributed by atoms with Gasteiger partial charge in [-0.3, -0.25) is 0 Å². The minimum atomic E-state index is -0.350. The third kappa shape index (κ3) is 7.00. The van der Waals surface area contributed by atoms with Gasteiger partial charge in [0.2, 0.25) is 11.9 Å². The number of hydrogen-bond donors (Lipinski definition) is 3. The Morgan fingerprint density at radius 3 is 2.35 bits per heavy atom. The molecule has 3 aromatic rings. The summed E-state index contributed by atoms with van der Waals surface area (Å²) in [4.78, 5) is 26.7. The molecule has 3 N–H and O–H groups in total. The van der Waals surface area contributed by atoms with E-state index >= 15 is 0 Å². The summed E-state index contributed by atoms with van der Waals surface area (Å²) in [6.07, 6.45) is 0. The van der Waals surface area contributed by atoms with Gasteiger partial charge in [0.15, 0.2) is 0 Å². The number of carbonyl (C=O) groups is 1. The van der Waals surface area contributed by atoms with Crippen molar-refractivity contribution in [1.82, 2.24) is 20.3 Å². The minimum Gasteiger partial charge on any atom is -0.461 e. The van der Waals surface area contributed by atoms with Crippen molar-refractivity contribution < 1.29 is 9.53 Å². The lowest BCUT2D eigenvalue weighted by Crippen LogP contribution is -2.32. The molecule has 0 spiro atoms. The first-order valence-electron chi connectivity index (χ1n) is 9.59. The van der Waals surface area contributed by atoms with E-state index in [0.29, 0.717) is 22.6 Å². The van der Waals surface area contributed by atoms with Crippen LogP contribution in [0.15, 0.2) is 48.5 Å². The highest BCUT2D eigenvalue weighted by Gasteiger charge is 2.10. The van der Waals surface area contributed by atoms with Crippen LogP contribution in [0.5, 0.6) is 6.01 Å². The van der Waals surface area contributed by atoms with E-state index in [4.69, 9.17) is 16.3 Å². The van der Waals surface area contributed by atoms with Crippen LogP contribution in [0.2, 0.25) is 5.02 Å². The maximum atomic E-state index is 12.0. The van der Waals surface area contributed by atoms with E-state index in [2.05, 4.69) is 30.9 Å². The fourth-order valence-corrected chi connectivity index (χ4v) is 2.57. The van der Waals surface area contributed by atoms with Gasteiger partial charge in [0.1, 0.15) is 6.61 Å². The molecule has 0 saturated heterocycles. The van der Waals surface area contributed by atoms with E-state index in [9.17, 15) is 4.79 Å². The lowest BCUT2D eigenvalue weighted by atomic mass is 10.2. The number of hydrogen-bond acceptors (Lipinski definition) is 7. The van der Waals surface area contributed by atoms with Gasteiger partial charge in [0.05, 0.1) is 6.54 Å². The molecule has 0 atom stereocenters. The number of aromatic nitrogens is 3. The molecule has 2 amide bonds. The molecule has 1 aromatic heterocycles. The molecule has 0 aliphatic heterocycles. The quantitative estimate of drug-likeness (QED) is 0.456. The zero-order valence-electron chi connectivity index (χ0n) is 17.5. The van der Waals surface area contributed by atoms with E-state index in [-0.39, 0.29) is 25.2 Å². The Hall–Kier alpha value is -3.59. The summed E-state index contributed by atoms with van der Waals surface area (Å²) < 4.78 is 5.62. The van der Waals surface area contributed by atoms with Crippen LogP contribution in [0, 0.1) is 6.92 Å². The van der Waals surface area contributed by atoms with Crippen LogP contribution in [-0.4, -0.2) is 48.2 Å². The molecule has 31 heavy (non-hydrogen) atoms. The fraction of sp³-hybridized carbons (Fsp3) is 0.238. The van der Waals surface area contributed by atoms with Gasteiger partial charge in [0, 0.05) is 30.5 Å². The number of ether oxygens (including phenoxy) is 1. The molecule has 0 fully saturated rings. The second-order valence-electron chi connectivity index (χ2n) is 6.86. The summed E-state index contributed by atoms with van der Waals surface area (Å²) in [6.45, 7) is 2.48. The maximum absolute atomic E-state index is 12.0. The monoisotopic (exact) mass is 441 g/mol. The standard InChI is InChI=1S/C21H24ClN7O2/c1-14-4-8-16(9-5-14)24-18-26-19(29(2)3)28-21(27-18)31-13-12-23-20(30)25-17-10-6-15(22)7-11-17/h4-11H,12-13H2,1-3H3,(H2,23,25,30)(H,24,26,27,28). The number of aryl methyl sites for hydroxylation is 1. The third-order valence-electron chi connectivity index (χ3n) is 4.03. The molecule has 2 aromatic carbocycles. The Balaban J connectivity index is 1.55. The number of urea groups is 1. The first-order valence-corrected chi connectivity index (χ1v) is 9.97. The zero-order chi connectivity index (χ0) is 22.2. The third-order valence-corrected chi connectivity index (χ3v) is 4.28. The van der Waals surface area contributed by atoms with Crippen LogP contribution in [0.25, 0.3) is 0 Å². The zero-order valence-corrected chi connectivity index (χ0v) is 18.3. The van der Waals surface area contributed by atoms with Crippen LogP contribution >= 0.6 is 11.6 Å². The van der Waals surface area contributed by atoms with Crippen LogP contribution in [0.4, 0.5) is 28.1 Å². The van der Waals surface area contributed by atoms with E-state index in [1.807, 2.05) is 45.3 Å². The highest BCUT2D eigenvalue weighted by atomic mass is 35.5. The maximum Gasteiger partial charge on any atom is 0.323 e. The molecule has 10 heteroatoms. The van der Waals surface area contributed by atoms with Crippen molar-refractivity contribution in [2.24, 2.45) is 0 Å². The molecular formula is C21H24ClN7O2. The number of rotatable bonds is 8. The molecule has 162 valence electrons. The van der Waals surface area contributed by atoms with Gasteiger partial charge in [-0.2, -0.15) is 15.0 Å². The smallest absolute Gasteiger partial charge is 0.323 e. The molecule has 0 saturated carbocycles. The summed E-state index contributed by atoms with van der Waals surface area (Å²) in [7, 11) is 3.66. The second kappa shape index (κ2) is 10.4. The van der Waals surface area contributed by atoms with Crippen molar-refractivity contribution in [3.8, 4) is 6.01 Å². The van der Waals surface area contributed by atoms with Crippen molar-refractivity contribution in [3.05, 3.63) is 59.1 Å². The highest BCUT2D eigenvalue weighted by molar-refractivity contribution is 6.30. The van der Waals surface area contributed by atoms with E-state index in [1.165, 1.54) is 0 Å². The molecule has 0 aliphatic rings. The number of halogens is 1. The summed E-state index contributed by atoms with van der Waals surface area (Å²) in [5, 5.41) is 9.17. The number of carbonyl (C=O) groups excluding carboxylic acids is 1. The topological polar surface area (TPSA) is 104 Å². The van der Waals surface area contributed by atoms with Crippen LogP contribution < -0.4 is 25.6 Å². The number of amides is 2. The molecule has 1 heterocycles. The number of nitrogens with zero attached hydrogens (tertiary/aromatic N) is 4. The van der Waals surface area contributed by atoms with Gasteiger partial charge in [-0.15, -0.1) is 0 Å². The molecule has 0 radical (unpaired) electrons. The van der Waals surface area contributed by atoms with Crippen molar-refractivity contribution in [2.45, 2.75) is 6.92 Å². The van der Waals surface area contributed by atoms with Gasteiger partial charge in [-0.25, -0.2) is 4.79 Å². The molecule has 0 bridgehead atoms. The van der Waals surface area contributed by atoms with Crippen molar-refractivity contribution in [1.29, 1.82) is 0 Å². The lowest BCUT2D eigenvalue weighted by molar-refractivity contribution is 0.245. The number of benzene rings is 2. The van der Waals surface area contributed by atoms with Crippen LogP contribution in [0.1, 0.15) is 5.56 Å². The molecule has 0 aliphatic carbocycles. The van der Waals surface area contributed by atoms with Crippen molar-refractivity contribution in [2.75, 3.05) is 42.8 Å². The van der Waals surface area contributed by atoms with E-state index in [1.54, 1.807) is 29.2 Å². The molecular weight excluding hydrogens is 418 g/mol. The lowest BCUT2D eigenvalue weighted by Gasteiger charge is -2.14. The number of anilines is 4. The molecule has 0 unspecified atom stereocenters. The van der Waals surface area contributed by atoms with Gasteiger partial charge in [-0.05, 0) is 43.3 Å². The largest absolute Gasteiger partial charge is 0.461 e. The Morgan fingerprint density at radius 1 is 1.00 bits per heavy atom. The van der Waals surface area contributed by atoms with Gasteiger partial charge in [-0.1, -0.05) is 29.3 Å². The first kappa shape index (κ1) is 22.1. The van der Waals surface area contributed by atoms with Crippen molar-refractivity contribution in [3.63, 3.8) is 0 Å². The SMILES string of the molecule is Cc1ccc(Nc2nc(OCCNC(=O)Nc3ccc(Cl)cc3)nc(N(C)C)n2)cc1. The summed E-state index contributed by atoms with van der Waals surface area (Å²) in [6, 6.07) is 14.5. The van der Waals surface area contributed by atoms with Crippen LogP contribution in [-0.2, 0) is 0 Å². The Kier molecular flexibility index (Phi) is 7.45. The Morgan fingerprint density at radius 2 is 1.68 bits per heavy atom. The first-order chi connectivity index (χ1) is 14.9. The predicted molar refractivity (Wildman–Crippen MR) is 123 cm³/mol. The highest BCUT2D eigenvalue weighted by Crippen LogP contribution is 2.18. The van der Waals surface area contributed by atoms with E-state index < -0.39 is 0 Å². The van der Waals surface area contributed by atoms with Crippen LogP contribution in [0.3, 0.4) is 0 Å². The number of nitrogens with one attached hydrogen (secondary N) is 3. The average Bonchev–Trinajstić information content (AvgIpc) is 2.74. The minimum absolute atomic E-state index is 0.160. The Bertz CT molecular complexity index is 1010. The van der Waals surface area contributed by atoms with Gasteiger partial charge >= 0.3 is 12.0 Å². The fourth-order valence-electron chi connectivity index (χ4n) is 2.45. The summed E-state index contributed by atoms with van der Waals surface area (Å²) in [5.74, 6) is 0.819. The van der Waals surface area contributed by atoms with E-state index in [0.717, 1.165) is 11.3 Å². The van der Waals surface area contributed by atoms with Crippen molar-refractivity contribution >= 4 is 40.9 Å².